The lowest BCUT2D eigenvalue weighted by Gasteiger charge is -2.23. The van der Waals surface area contributed by atoms with E-state index in [-0.39, 0.29) is 0 Å². The summed E-state index contributed by atoms with van der Waals surface area (Å²) in [6, 6.07) is 8.03. The molecule has 0 aliphatic heterocycles. The minimum absolute atomic E-state index is 0.646. The quantitative estimate of drug-likeness (QED) is 0.800. The summed E-state index contributed by atoms with van der Waals surface area (Å²) in [6.45, 7) is 7.31. The molecule has 0 aromatic heterocycles. The van der Waals surface area contributed by atoms with Gasteiger partial charge in [0.25, 0.3) is 0 Å². The maximum absolute atomic E-state index is 10.2. The van der Waals surface area contributed by atoms with Crippen molar-refractivity contribution in [3.8, 4) is 0 Å². The van der Waals surface area contributed by atoms with Crippen molar-refractivity contribution in [3.63, 3.8) is 0 Å². The van der Waals surface area contributed by atoms with Crippen molar-refractivity contribution in [1.29, 1.82) is 0 Å². The zero-order valence-corrected chi connectivity index (χ0v) is 10.5. The summed E-state index contributed by atoms with van der Waals surface area (Å²) < 4.78 is 5.33. The molecule has 0 aliphatic rings. The lowest BCUT2D eigenvalue weighted by Crippen LogP contribution is -2.20. The molecule has 0 radical (unpaired) electrons. The van der Waals surface area contributed by atoms with Gasteiger partial charge in [-0.05, 0) is 31.4 Å². The topological polar surface area (TPSA) is 29.5 Å². The van der Waals surface area contributed by atoms with E-state index in [9.17, 15) is 5.11 Å². The van der Waals surface area contributed by atoms with Gasteiger partial charge in [0.15, 0.2) is 0 Å². The van der Waals surface area contributed by atoms with E-state index in [2.05, 4.69) is 6.92 Å². The van der Waals surface area contributed by atoms with Gasteiger partial charge < -0.3 is 9.84 Å². The van der Waals surface area contributed by atoms with E-state index in [0.29, 0.717) is 6.61 Å². The Balaban J connectivity index is 2.70. The fraction of sp³-hybridized carbons (Fsp3) is 0.571. The van der Waals surface area contributed by atoms with Crippen LogP contribution in [0, 0.1) is 0 Å². The molecule has 0 fully saturated rings. The van der Waals surface area contributed by atoms with Crippen molar-refractivity contribution in [3.05, 3.63) is 35.4 Å². The minimum atomic E-state index is -0.709. The van der Waals surface area contributed by atoms with E-state index in [1.807, 2.05) is 38.1 Å². The van der Waals surface area contributed by atoms with Crippen LogP contribution in [0.5, 0.6) is 0 Å². The SMILES string of the molecule is CCCC(C)(O)c1ccc(COCC)cc1. The van der Waals surface area contributed by atoms with Crippen LogP contribution >= 0.6 is 0 Å². The Morgan fingerprint density at radius 3 is 2.31 bits per heavy atom. The molecular weight excluding hydrogens is 200 g/mol. The fourth-order valence-electron chi connectivity index (χ4n) is 1.81. The van der Waals surface area contributed by atoms with Crippen molar-refractivity contribution in [2.45, 2.75) is 45.8 Å². The second-order valence-electron chi connectivity index (χ2n) is 4.36. The van der Waals surface area contributed by atoms with Crippen molar-refractivity contribution < 1.29 is 9.84 Å². The van der Waals surface area contributed by atoms with Crippen LogP contribution in [0.3, 0.4) is 0 Å². The highest BCUT2D eigenvalue weighted by atomic mass is 16.5. The van der Waals surface area contributed by atoms with Gasteiger partial charge >= 0.3 is 0 Å². The molecule has 0 amide bonds. The molecule has 0 aliphatic carbocycles. The zero-order valence-electron chi connectivity index (χ0n) is 10.5. The first kappa shape index (κ1) is 13.2. The zero-order chi connectivity index (χ0) is 12.0. The second kappa shape index (κ2) is 6.02. The average Bonchev–Trinajstić information content (AvgIpc) is 2.27. The maximum atomic E-state index is 10.2. The highest BCUT2D eigenvalue weighted by molar-refractivity contribution is 5.26. The molecule has 1 rings (SSSR count). The van der Waals surface area contributed by atoms with Gasteiger partial charge in [-0.1, -0.05) is 37.6 Å². The van der Waals surface area contributed by atoms with Gasteiger partial charge in [0.2, 0.25) is 0 Å². The molecule has 2 heteroatoms. The molecule has 2 nitrogen and oxygen atoms in total. The highest BCUT2D eigenvalue weighted by Crippen LogP contribution is 2.25. The van der Waals surface area contributed by atoms with Crippen LogP contribution in [0.25, 0.3) is 0 Å². The molecule has 0 bridgehead atoms. The normalized spacial score (nSPS) is 14.8. The minimum Gasteiger partial charge on any atom is -0.385 e. The lowest BCUT2D eigenvalue weighted by atomic mass is 9.91. The van der Waals surface area contributed by atoms with Crippen LogP contribution in [0.15, 0.2) is 24.3 Å². The summed E-state index contributed by atoms with van der Waals surface area (Å²) in [5.74, 6) is 0. The lowest BCUT2D eigenvalue weighted by molar-refractivity contribution is 0.0469. The molecule has 0 heterocycles. The summed E-state index contributed by atoms with van der Waals surface area (Å²) >= 11 is 0. The number of aliphatic hydroxyl groups is 1. The Morgan fingerprint density at radius 1 is 1.19 bits per heavy atom. The summed E-state index contributed by atoms with van der Waals surface area (Å²) in [4.78, 5) is 0. The van der Waals surface area contributed by atoms with Crippen LogP contribution in [0.1, 0.15) is 44.7 Å². The Morgan fingerprint density at radius 2 is 1.81 bits per heavy atom. The van der Waals surface area contributed by atoms with Crippen molar-refractivity contribution in [1.82, 2.24) is 0 Å². The van der Waals surface area contributed by atoms with Crippen LogP contribution in [0.2, 0.25) is 0 Å². The van der Waals surface area contributed by atoms with Gasteiger partial charge in [-0.3, -0.25) is 0 Å². The molecular formula is C14H22O2. The Labute approximate surface area is 98.3 Å². The third-order valence-electron chi connectivity index (χ3n) is 2.79. The standard InChI is InChI=1S/C14H22O2/c1-4-10-14(3,15)13-8-6-12(7-9-13)11-16-5-2/h6-9,15H,4-5,10-11H2,1-3H3. The van der Waals surface area contributed by atoms with Crippen LogP contribution < -0.4 is 0 Å². The number of rotatable bonds is 6. The molecule has 0 saturated heterocycles. The highest BCUT2D eigenvalue weighted by Gasteiger charge is 2.21. The molecule has 16 heavy (non-hydrogen) atoms. The van der Waals surface area contributed by atoms with Crippen molar-refractivity contribution in [2.24, 2.45) is 0 Å². The molecule has 90 valence electrons. The van der Waals surface area contributed by atoms with Gasteiger partial charge in [0.1, 0.15) is 0 Å². The van der Waals surface area contributed by atoms with E-state index in [1.54, 1.807) is 0 Å². The smallest absolute Gasteiger partial charge is 0.0868 e. The molecule has 0 spiro atoms. The van der Waals surface area contributed by atoms with Crippen LogP contribution in [-0.4, -0.2) is 11.7 Å². The molecule has 1 aromatic carbocycles. The Kier molecular flexibility index (Phi) is 4.97. The monoisotopic (exact) mass is 222 g/mol. The molecule has 1 atom stereocenters. The molecule has 1 N–H and O–H groups in total. The third-order valence-corrected chi connectivity index (χ3v) is 2.79. The molecule has 1 unspecified atom stereocenters. The largest absolute Gasteiger partial charge is 0.385 e. The summed E-state index contributed by atoms with van der Waals surface area (Å²) in [6.07, 6.45) is 1.77. The summed E-state index contributed by atoms with van der Waals surface area (Å²) in [5, 5.41) is 10.2. The van der Waals surface area contributed by atoms with Gasteiger partial charge in [0, 0.05) is 6.61 Å². The first-order valence-corrected chi connectivity index (χ1v) is 5.99. The first-order valence-electron chi connectivity index (χ1n) is 5.99. The average molecular weight is 222 g/mol. The van der Waals surface area contributed by atoms with E-state index in [1.165, 1.54) is 0 Å². The van der Waals surface area contributed by atoms with E-state index in [4.69, 9.17) is 4.74 Å². The number of ether oxygens (including phenoxy) is 1. The predicted octanol–water partition coefficient (Wildman–Crippen LogP) is 3.23. The first-order chi connectivity index (χ1) is 7.60. The Bertz CT molecular complexity index is 301. The maximum Gasteiger partial charge on any atom is 0.0868 e. The van der Waals surface area contributed by atoms with Gasteiger partial charge in [0.05, 0.1) is 12.2 Å². The van der Waals surface area contributed by atoms with E-state index in [0.717, 1.165) is 30.6 Å². The van der Waals surface area contributed by atoms with Gasteiger partial charge in [-0.2, -0.15) is 0 Å². The van der Waals surface area contributed by atoms with Crippen LogP contribution in [-0.2, 0) is 16.9 Å². The van der Waals surface area contributed by atoms with E-state index < -0.39 is 5.60 Å². The summed E-state index contributed by atoms with van der Waals surface area (Å²) in [7, 11) is 0. The van der Waals surface area contributed by atoms with Gasteiger partial charge in [-0.15, -0.1) is 0 Å². The predicted molar refractivity (Wildman–Crippen MR) is 66.3 cm³/mol. The van der Waals surface area contributed by atoms with Gasteiger partial charge in [-0.25, -0.2) is 0 Å². The number of benzene rings is 1. The second-order valence-corrected chi connectivity index (χ2v) is 4.36. The van der Waals surface area contributed by atoms with E-state index >= 15 is 0 Å². The number of hydrogen-bond acceptors (Lipinski definition) is 2. The summed E-state index contributed by atoms with van der Waals surface area (Å²) in [5.41, 5.74) is 1.42. The van der Waals surface area contributed by atoms with Crippen LogP contribution in [0.4, 0.5) is 0 Å². The number of hydrogen-bond donors (Lipinski definition) is 1. The third kappa shape index (κ3) is 3.62. The fourth-order valence-corrected chi connectivity index (χ4v) is 1.81. The van der Waals surface area contributed by atoms with Crippen molar-refractivity contribution in [2.75, 3.05) is 6.61 Å². The van der Waals surface area contributed by atoms with Crippen molar-refractivity contribution >= 4 is 0 Å². The molecule has 1 aromatic rings. The Hall–Kier alpha value is -0.860. The molecule has 0 saturated carbocycles.